The molecule has 0 amide bonds. The van der Waals surface area contributed by atoms with Gasteiger partial charge in [0.2, 0.25) is 0 Å². The third kappa shape index (κ3) is 7.30. The molecule has 1 rings (SSSR count). The first-order chi connectivity index (χ1) is 11.7. The van der Waals surface area contributed by atoms with Crippen LogP contribution in [0.15, 0.2) is 53.8 Å². The van der Waals surface area contributed by atoms with E-state index in [0.29, 0.717) is 13.1 Å². The summed E-state index contributed by atoms with van der Waals surface area (Å²) in [6.45, 7) is 1.12. The summed E-state index contributed by atoms with van der Waals surface area (Å²) < 4.78 is 0. The molecule has 0 aliphatic rings. The van der Waals surface area contributed by atoms with Crippen LogP contribution < -0.4 is 15.2 Å². The van der Waals surface area contributed by atoms with E-state index in [1.54, 1.807) is 0 Å². The molecule has 0 atom stereocenters. The molecule has 6 heteroatoms. The Kier molecular flexibility index (Phi) is 9.99. The number of aliphatic hydroxyl groups is 2. The van der Waals surface area contributed by atoms with Crippen LogP contribution in [0.25, 0.3) is 0 Å². The average molecular weight is 332 g/mol. The Morgan fingerprint density at radius 1 is 1.04 bits per heavy atom. The van der Waals surface area contributed by atoms with Crippen LogP contribution in [0.1, 0.15) is 6.42 Å². The molecule has 3 N–H and O–H groups in total. The quantitative estimate of drug-likeness (QED) is 0.326. The van der Waals surface area contributed by atoms with Gasteiger partial charge < -0.3 is 20.4 Å². The SMILES string of the molecule is CN/C=C\C=C/C/C=N/N(C)c1ccc(N(CCO)CCO)cc1. The van der Waals surface area contributed by atoms with Crippen molar-refractivity contribution in [3.8, 4) is 0 Å². The van der Waals surface area contributed by atoms with E-state index in [4.69, 9.17) is 10.2 Å². The normalized spacial score (nSPS) is 11.7. The van der Waals surface area contributed by atoms with Crippen LogP contribution in [0.4, 0.5) is 11.4 Å². The summed E-state index contributed by atoms with van der Waals surface area (Å²) in [5, 5.41) is 27.3. The molecule has 0 heterocycles. The predicted octanol–water partition coefficient (Wildman–Crippen LogP) is 1.58. The van der Waals surface area contributed by atoms with Gasteiger partial charge in [-0.2, -0.15) is 5.10 Å². The fraction of sp³-hybridized carbons (Fsp3) is 0.389. The van der Waals surface area contributed by atoms with Crippen LogP contribution in [-0.2, 0) is 0 Å². The summed E-state index contributed by atoms with van der Waals surface area (Å²) in [4.78, 5) is 1.94. The molecule has 1 aromatic rings. The highest BCUT2D eigenvalue weighted by atomic mass is 16.3. The van der Waals surface area contributed by atoms with E-state index in [2.05, 4.69) is 10.4 Å². The van der Waals surface area contributed by atoms with Gasteiger partial charge in [-0.15, -0.1) is 0 Å². The number of nitrogens with zero attached hydrogens (tertiary/aromatic N) is 3. The molecule has 6 nitrogen and oxygen atoms in total. The van der Waals surface area contributed by atoms with E-state index in [1.807, 2.05) is 78.9 Å². The van der Waals surface area contributed by atoms with Gasteiger partial charge >= 0.3 is 0 Å². The van der Waals surface area contributed by atoms with Crippen molar-refractivity contribution < 1.29 is 10.2 Å². The van der Waals surface area contributed by atoms with Gasteiger partial charge in [0.25, 0.3) is 0 Å². The van der Waals surface area contributed by atoms with Gasteiger partial charge in [-0.05, 0) is 36.5 Å². The van der Waals surface area contributed by atoms with E-state index in [9.17, 15) is 0 Å². The highest BCUT2D eigenvalue weighted by Gasteiger charge is 2.06. The van der Waals surface area contributed by atoms with Crippen molar-refractivity contribution in [1.82, 2.24) is 5.32 Å². The second-order valence-corrected chi connectivity index (χ2v) is 5.08. The molecule has 0 unspecified atom stereocenters. The van der Waals surface area contributed by atoms with E-state index in [1.165, 1.54) is 0 Å². The third-order valence-corrected chi connectivity index (χ3v) is 3.33. The van der Waals surface area contributed by atoms with Gasteiger partial charge in [-0.3, -0.25) is 5.01 Å². The van der Waals surface area contributed by atoms with Crippen LogP contribution in [0.3, 0.4) is 0 Å². The van der Waals surface area contributed by atoms with Crippen LogP contribution in [0.5, 0.6) is 0 Å². The number of nitrogens with one attached hydrogen (secondary N) is 1. The fourth-order valence-electron chi connectivity index (χ4n) is 2.10. The van der Waals surface area contributed by atoms with Gasteiger partial charge in [0, 0.05) is 45.5 Å². The number of anilines is 2. The first-order valence-corrected chi connectivity index (χ1v) is 8.04. The number of benzene rings is 1. The van der Waals surface area contributed by atoms with Crippen LogP contribution in [-0.4, -0.2) is 56.8 Å². The number of aliphatic hydroxyl groups excluding tert-OH is 2. The molecule has 0 spiro atoms. The zero-order valence-corrected chi connectivity index (χ0v) is 14.5. The molecule has 132 valence electrons. The lowest BCUT2D eigenvalue weighted by molar-refractivity contribution is 0.281. The minimum atomic E-state index is 0.0585. The third-order valence-electron chi connectivity index (χ3n) is 3.33. The monoisotopic (exact) mass is 332 g/mol. The number of hydrogen-bond acceptors (Lipinski definition) is 6. The van der Waals surface area contributed by atoms with Gasteiger partial charge in [0.15, 0.2) is 0 Å². The van der Waals surface area contributed by atoms with E-state index in [-0.39, 0.29) is 13.2 Å². The molecule has 0 radical (unpaired) electrons. The van der Waals surface area contributed by atoms with Crippen LogP contribution >= 0.6 is 0 Å². The average Bonchev–Trinajstić information content (AvgIpc) is 2.61. The molecule has 0 bridgehead atoms. The van der Waals surface area contributed by atoms with E-state index >= 15 is 0 Å². The van der Waals surface area contributed by atoms with Crippen molar-refractivity contribution in [2.45, 2.75) is 6.42 Å². The van der Waals surface area contributed by atoms with Gasteiger partial charge in [0.05, 0.1) is 18.9 Å². The first kappa shape index (κ1) is 19.7. The minimum absolute atomic E-state index is 0.0585. The largest absolute Gasteiger partial charge is 0.395 e. The van der Waals surface area contributed by atoms with Crippen molar-refractivity contribution >= 4 is 17.6 Å². The standard InChI is InChI=1S/C18H28N4O2/c1-19-11-5-3-4-6-12-20-21(2)17-7-9-18(10-8-17)22(13-15-23)14-16-24/h3-5,7-12,19,23-24H,6,13-16H2,1-2H3/b4-3-,11-5-,20-12+. The minimum Gasteiger partial charge on any atom is -0.395 e. The summed E-state index contributed by atoms with van der Waals surface area (Å²) in [5.41, 5.74) is 1.94. The number of hydrazone groups is 1. The van der Waals surface area contributed by atoms with Gasteiger partial charge in [-0.25, -0.2) is 0 Å². The molecule has 0 fully saturated rings. The van der Waals surface area contributed by atoms with Crippen molar-refractivity contribution in [2.75, 3.05) is 50.3 Å². The summed E-state index contributed by atoms with van der Waals surface area (Å²) in [6.07, 6.45) is 10.4. The zero-order valence-electron chi connectivity index (χ0n) is 14.5. The first-order valence-electron chi connectivity index (χ1n) is 8.04. The lowest BCUT2D eigenvalue weighted by atomic mass is 10.2. The summed E-state index contributed by atoms with van der Waals surface area (Å²) >= 11 is 0. The molecule has 0 aliphatic carbocycles. The Morgan fingerprint density at radius 3 is 2.25 bits per heavy atom. The highest BCUT2D eigenvalue weighted by Crippen LogP contribution is 2.20. The zero-order chi connectivity index (χ0) is 17.6. The number of allylic oxidation sites excluding steroid dienone is 3. The van der Waals surface area contributed by atoms with Gasteiger partial charge in [0.1, 0.15) is 0 Å². The Labute approximate surface area is 144 Å². The molecule has 1 aromatic carbocycles. The van der Waals surface area contributed by atoms with Gasteiger partial charge in [-0.1, -0.05) is 12.2 Å². The van der Waals surface area contributed by atoms with Crippen LogP contribution in [0.2, 0.25) is 0 Å². The molecule has 0 saturated carbocycles. The van der Waals surface area contributed by atoms with E-state index in [0.717, 1.165) is 17.8 Å². The van der Waals surface area contributed by atoms with Crippen molar-refractivity contribution in [3.63, 3.8) is 0 Å². The Bertz CT molecular complexity index is 520. The number of hydrogen-bond donors (Lipinski definition) is 3. The number of rotatable bonds is 11. The molecular formula is C18H28N4O2. The molecule has 0 aliphatic heterocycles. The maximum atomic E-state index is 9.09. The van der Waals surface area contributed by atoms with Crippen LogP contribution in [0, 0.1) is 0 Å². The molecular weight excluding hydrogens is 304 g/mol. The van der Waals surface area contributed by atoms with E-state index < -0.39 is 0 Å². The maximum absolute atomic E-state index is 9.09. The Morgan fingerprint density at radius 2 is 1.67 bits per heavy atom. The maximum Gasteiger partial charge on any atom is 0.0606 e. The predicted molar refractivity (Wildman–Crippen MR) is 102 cm³/mol. The second-order valence-electron chi connectivity index (χ2n) is 5.08. The Hall–Kier alpha value is -2.31. The second kappa shape index (κ2) is 12.2. The van der Waals surface area contributed by atoms with Crippen molar-refractivity contribution in [3.05, 3.63) is 48.7 Å². The lowest BCUT2D eigenvalue weighted by Crippen LogP contribution is -2.29. The summed E-state index contributed by atoms with van der Waals surface area (Å²) in [6, 6.07) is 7.88. The van der Waals surface area contributed by atoms with Crippen molar-refractivity contribution in [2.24, 2.45) is 5.10 Å². The molecule has 0 aromatic heterocycles. The van der Waals surface area contributed by atoms with Crippen molar-refractivity contribution in [1.29, 1.82) is 0 Å². The Balaban J connectivity index is 2.57. The highest BCUT2D eigenvalue weighted by molar-refractivity contribution is 5.63. The summed E-state index contributed by atoms with van der Waals surface area (Å²) in [7, 11) is 3.76. The lowest BCUT2D eigenvalue weighted by Gasteiger charge is -2.23. The fourth-order valence-corrected chi connectivity index (χ4v) is 2.10. The molecule has 0 saturated heterocycles. The topological polar surface area (TPSA) is 71.3 Å². The molecule has 24 heavy (non-hydrogen) atoms. The summed E-state index contributed by atoms with van der Waals surface area (Å²) in [5.74, 6) is 0. The smallest absolute Gasteiger partial charge is 0.0606 e.